The zero-order valence-corrected chi connectivity index (χ0v) is 21.6. The molecule has 0 bridgehead atoms. The fourth-order valence-electron chi connectivity index (χ4n) is 3.79. The summed E-state index contributed by atoms with van der Waals surface area (Å²) in [6, 6.07) is 6.52. The summed E-state index contributed by atoms with van der Waals surface area (Å²) in [5.74, 6) is -0.516. The number of anilines is 1. The van der Waals surface area contributed by atoms with Gasteiger partial charge in [0.15, 0.2) is 5.78 Å². The maximum Gasteiger partial charge on any atom is 0.410 e. The summed E-state index contributed by atoms with van der Waals surface area (Å²) in [7, 11) is 0. The van der Waals surface area contributed by atoms with E-state index < -0.39 is 28.8 Å². The summed E-state index contributed by atoms with van der Waals surface area (Å²) in [4.78, 5) is 38.6. The SMILES string of the molecule is CCC(=O)C(CC(=O)OC(C)(C)C)Nc1ccc(C2(O)CCN(C(=O)OC(C)(C)C)CC2)cc1. The average molecular weight is 477 g/mol. The Kier molecular flexibility index (Phi) is 8.75. The molecule has 0 saturated carbocycles. The van der Waals surface area contributed by atoms with Crippen LogP contribution >= 0.6 is 0 Å². The lowest BCUT2D eigenvalue weighted by atomic mass is 9.84. The zero-order valence-electron chi connectivity index (χ0n) is 21.6. The molecule has 2 N–H and O–H groups in total. The quantitative estimate of drug-likeness (QED) is 0.562. The smallest absolute Gasteiger partial charge is 0.410 e. The Balaban J connectivity index is 2.02. The van der Waals surface area contributed by atoms with Crippen molar-refractivity contribution in [2.75, 3.05) is 18.4 Å². The predicted octanol–water partition coefficient (Wildman–Crippen LogP) is 4.40. The highest BCUT2D eigenvalue weighted by Crippen LogP contribution is 2.34. The first-order valence-corrected chi connectivity index (χ1v) is 11.9. The predicted molar refractivity (Wildman–Crippen MR) is 131 cm³/mol. The van der Waals surface area contributed by atoms with Crippen LogP contribution < -0.4 is 5.32 Å². The van der Waals surface area contributed by atoms with Crippen molar-refractivity contribution < 1.29 is 29.0 Å². The van der Waals surface area contributed by atoms with Crippen LogP contribution in [0.4, 0.5) is 10.5 Å². The van der Waals surface area contributed by atoms with Crippen molar-refractivity contribution in [3.8, 4) is 0 Å². The van der Waals surface area contributed by atoms with Crippen molar-refractivity contribution >= 4 is 23.5 Å². The van der Waals surface area contributed by atoms with Gasteiger partial charge < -0.3 is 24.8 Å². The monoisotopic (exact) mass is 476 g/mol. The number of carbonyl (C=O) groups is 3. The van der Waals surface area contributed by atoms with E-state index in [9.17, 15) is 19.5 Å². The first kappa shape index (κ1) is 27.6. The fraction of sp³-hybridized carbons (Fsp3) is 0.654. The van der Waals surface area contributed by atoms with Gasteiger partial charge in [0.05, 0.1) is 18.1 Å². The zero-order chi connectivity index (χ0) is 25.7. The summed E-state index contributed by atoms with van der Waals surface area (Å²) in [5.41, 5.74) is -0.811. The van der Waals surface area contributed by atoms with Crippen molar-refractivity contribution in [1.29, 1.82) is 0 Å². The standard InChI is InChI=1S/C26H40N2O6/c1-8-21(29)20(17-22(30)33-24(2,3)4)27-19-11-9-18(10-12-19)26(32)13-15-28(16-14-26)23(31)34-25(5,6)7/h9-12,20,27,32H,8,13-17H2,1-7H3. The molecular weight excluding hydrogens is 436 g/mol. The number of aliphatic hydroxyl groups is 1. The molecular formula is C26H40N2O6. The Morgan fingerprint density at radius 2 is 1.53 bits per heavy atom. The summed E-state index contributed by atoms with van der Waals surface area (Å²) < 4.78 is 10.8. The number of hydrogen-bond acceptors (Lipinski definition) is 7. The first-order chi connectivity index (χ1) is 15.6. The van der Waals surface area contributed by atoms with Gasteiger partial charge in [-0.2, -0.15) is 0 Å². The number of amides is 1. The van der Waals surface area contributed by atoms with Crippen molar-refractivity contribution in [3.63, 3.8) is 0 Å². The maximum absolute atomic E-state index is 12.4. The van der Waals surface area contributed by atoms with Gasteiger partial charge in [0.25, 0.3) is 0 Å². The van der Waals surface area contributed by atoms with Crippen LogP contribution in [-0.4, -0.2) is 58.2 Å². The van der Waals surface area contributed by atoms with Gasteiger partial charge >= 0.3 is 12.1 Å². The summed E-state index contributed by atoms with van der Waals surface area (Å²) >= 11 is 0. The fourth-order valence-corrected chi connectivity index (χ4v) is 3.79. The Bertz CT molecular complexity index is 859. The largest absolute Gasteiger partial charge is 0.460 e. The van der Waals surface area contributed by atoms with Crippen LogP contribution in [0.3, 0.4) is 0 Å². The van der Waals surface area contributed by atoms with Crippen LogP contribution in [-0.2, 0) is 24.7 Å². The summed E-state index contributed by atoms with van der Waals surface area (Å²) in [6.45, 7) is 13.4. The van der Waals surface area contributed by atoms with E-state index >= 15 is 0 Å². The maximum atomic E-state index is 12.4. The minimum Gasteiger partial charge on any atom is -0.460 e. The molecule has 0 radical (unpaired) electrons. The van der Waals surface area contributed by atoms with Crippen molar-refractivity contribution in [2.45, 2.75) is 97.0 Å². The molecule has 1 unspecified atom stereocenters. The van der Waals surface area contributed by atoms with Gasteiger partial charge in [-0.3, -0.25) is 9.59 Å². The van der Waals surface area contributed by atoms with Crippen LogP contribution in [0.25, 0.3) is 0 Å². The lowest BCUT2D eigenvalue weighted by molar-refractivity contribution is -0.155. The van der Waals surface area contributed by atoms with Crippen LogP contribution in [0.2, 0.25) is 0 Å². The van der Waals surface area contributed by atoms with E-state index in [0.29, 0.717) is 38.0 Å². The number of benzene rings is 1. The number of ether oxygens (including phenoxy) is 2. The Hall–Kier alpha value is -2.61. The number of nitrogens with one attached hydrogen (secondary N) is 1. The van der Waals surface area contributed by atoms with Crippen molar-refractivity contribution in [3.05, 3.63) is 29.8 Å². The Morgan fingerprint density at radius 3 is 2.00 bits per heavy atom. The normalized spacial score (nSPS) is 17.0. The molecule has 1 amide bonds. The van der Waals surface area contributed by atoms with Crippen molar-refractivity contribution in [2.24, 2.45) is 0 Å². The number of ketones is 1. The third-order valence-corrected chi connectivity index (χ3v) is 5.53. The van der Waals surface area contributed by atoms with Gasteiger partial charge in [-0.25, -0.2) is 4.79 Å². The van der Waals surface area contributed by atoms with E-state index in [4.69, 9.17) is 9.47 Å². The second-order valence-electron chi connectivity index (χ2n) is 10.9. The highest BCUT2D eigenvalue weighted by Gasteiger charge is 2.36. The van der Waals surface area contributed by atoms with Crippen molar-refractivity contribution in [1.82, 2.24) is 4.90 Å². The molecule has 8 heteroatoms. The minimum absolute atomic E-state index is 0.0594. The molecule has 0 aromatic heterocycles. The van der Waals surface area contributed by atoms with E-state index in [-0.39, 0.29) is 18.3 Å². The second kappa shape index (κ2) is 10.8. The third kappa shape index (κ3) is 8.31. The van der Waals surface area contributed by atoms with Gasteiger partial charge in [-0.1, -0.05) is 19.1 Å². The van der Waals surface area contributed by atoms with E-state index in [1.165, 1.54) is 0 Å². The molecule has 1 fully saturated rings. The third-order valence-electron chi connectivity index (χ3n) is 5.53. The molecule has 0 spiro atoms. The highest BCUT2D eigenvalue weighted by molar-refractivity contribution is 5.90. The number of rotatable bonds is 7. The molecule has 8 nitrogen and oxygen atoms in total. The molecule has 1 aliphatic rings. The Labute approximate surface area is 203 Å². The van der Waals surface area contributed by atoms with E-state index in [1.807, 2.05) is 32.9 Å². The molecule has 1 aromatic carbocycles. The molecule has 1 aliphatic heterocycles. The number of hydrogen-bond donors (Lipinski definition) is 2. The number of carbonyl (C=O) groups excluding carboxylic acids is 3. The minimum atomic E-state index is -1.05. The number of esters is 1. The Morgan fingerprint density at radius 1 is 1.00 bits per heavy atom. The lowest BCUT2D eigenvalue weighted by Gasteiger charge is -2.39. The van der Waals surface area contributed by atoms with Crippen LogP contribution in [0, 0.1) is 0 Å². The molecule has 1 heterocycles. The molecule has 1 atom stereocenters. The van der Waals surface area contributed by atoms with Gasteiger partial charge in [-0.05, 0) is 72.1 Å². The topological polar surface area (TPSA) is 105 Å². The molecule has 34 heavy (non-hydrogen) atoms. The van der Waals surface area contributed by atoms with E-state index in [1.54, 1.807) is 44.7 Å². The second-order valence-corrected chi connectivity index (χ2v) is 10.9. The van der Waals surface area contributed by atoms with Crippen LogP contribution in [0.15, 0.2) is 24.3 Å². The van der Waals surface area contributed by atoms with Gasteiger partial charge in [-0.15, -0.1) is 0 Å². The van der Waals surface area contributed by atoms with Gasteiger partial charge in [0.2, 0.25) is 0 Å². The number of piperidine rings is 1. The van der Waals surface area contributed by atoms with Crippen LogP contribution in [0.5, 0.6) is 0 Å². The van der Waals surface area contributed by atoms with Gasteiger partial charge in [0.1, 0.15) is 11.2 Å². The molecule has 190 valence electrons. The summed E-state index contributed by atoms with van der Waals surface area (Å²) in [6.07, 6.45) is 0.664. The molecule has 2 rings (SSSR count). The molecule has 1 aromatic rings. The van der Waals surface area contributed by atoms with Gasteiger partial charge in [0, 0.05) is 25.2 Å². The number of nitrogens with zero attached hydrogens (tertiary/aromatic N) is 1. The number of likely N-dealkylation sites (tertiary alicyclic amines) is 1. The lowest BCUT2D eigenvalue weighted by Crippen LogP contribution is -2.46. The summed E-state index contributed by atoms with van der Waals surface area (Å²) in [5, 5.41) is 14.3. The van der Waals surface area contributed by atoms with Crippen LogP contribution in [0.1, 0.15) is 79.7 Å². The first-order valence-electron chi connectivity index (χ1n) is 11.9. The average Bonchev–Trinajstić information content (AvgIpc) is 2.71. The van der Waals surface area contributed by atoms with E-state index in [0.717, 1.165) is 5.56 Å². The molecule has 1 saturated heterocycles. The highest BCUT2D eigenvalue weighted by atomic mass is 16.6. The number of Topliss-reactive ketones (excluding diaryl/α,β-unsaturated/α-hetero) is 1. The molecule has 0 aliphatic carbocycles. The van der Waals surface area contributed by atoms with E-state index in [2.05, 4.69) is 5.32 Å².